The molecule has 4 aliphatic heterocycles. The maximum atomic E-state index is 13.1. The first-order valence-corrected chi connectivity index (χ1v) is 16.7. The fourth-order valence-electron chi connectivity index (χ4n) is 6.83. The van der Waals surface area contributed by atoms with Crippen LogP contribution < -0.4 is 15.2 Å². The van der Waals surface area contributed by atoms with Crippen molar-refractivity contribution in [3.05, 3.63) is 131 Å². The number of amidine groups is 1. The van der Waals surface area contributed by atoms with Crippen molar-refractivity contribution in [2.45, 2.75) is 36.1 Å². The molecule has 4 heterocycles. The Hall–Kier alpha value is -5.09. The molecule has 0 radical (unpaired) electrons. The van der Waals surface area contributed by atoms with Gasteiger partial charge in [0.1, 0.15) is 23.7 Å². The first-order valence-electron chi connectivity index (χ1n) is 15.4. The summed E-state index contributed by atoms with van der Waals surface area (Å²) in [5, 5.41) is 0.753. The van der Waals surface area contributed by atoms with Crippen LogP contribution in [-0.2, 0) is 20.7 Å². The lowest BCUT2D eigenvalue weighted by Gasteiger charge is -2.36. The van der Waals surface area contributed by atoms with Crippen molar-refractivity contribution in [3.8, 4) is 11.5 Å². The van der Waals surface area contributed by atoms with Crippen molar-refractivity contribution in [1.82, 2.24) is 9.80 Å². The third-order valence-corrected chi connectivity index (χ3v) is 9.96. The van der Waals surface area contributed by atoms with Crippen LogP contribution in [0.2, 0.25) is 0 Å². The van der Waals surface area contributed by atoms with Crippen LogP contribution in [0, 0.1) is 0 Å². The minimum absolute atomic E-state index is 0.0172. The lowest BCUT2D eigenvalue weighted by atomic mass is 9.80. The van der Waals surface area contributed by atoms with Gasteiger partial charge in [-0.15, -0.1) is 0 Å². The largest absolute Gasteiger partial charge is 0.485 e. The van der Waals surface area contributed by atoms with Gasteiger partial charge in [-0.1, -0.05) is 109 Å². The molecule has 10 heteroatoms. The van der Waals surface area contributed by atoms with E-state index < -0.39 is 11.1 Å². The van der Waals surface area contributed by atoms with E-state index in [0.717, 1.165) is 33.2 Å². The average Bonchev–Trinajstić information content (AvgIpc) is 3.48. The van der Waals surface area contributed by atoms with Crippen LogP contribution in [0.25, 0.3) is 0 Å². The van der Waals surface area contributed by atoms with Crippen molar-refractivity contribution in [3.63, 3.8) is 0 Å². The zero-order valence-electron chi connectivity index (χ0n) is 26.4. The molecule has 4 unspecified atom stereocenters. The molecular weight excluding hydrogens is 611 g/mol. The molecule has 0 aliphatic carbocycles. The first kappa shape index (κ1) is 30.6. The van der Waals surface area contributed by atoms with E-state index in [1.54, 1.807) is 19.0 Å². The van der Waals surface area contributed by atoms with Gasteiger partial charge in [-0.25, -0.2) is 9.98 Å². The van der Waals surface area contributed by atoms with Crippen LogP contribution in [0.3, 0.4) is 0 Å². The zero-order chi connectivity index (χ0) is 32.8. The SMILES string of the molecule is CN1C(=O)C2(CC(c3ccccc3)Oc3ccccc32)N=C1N.CSC1=NC2(CC(c3ccccc3)Oc3ccccc32)C(=O)N1C. The fourth-order valence-corrected chi connectivity index (χ4v) is 7.43. The maximum absolute atomic E-state index is 13.1. The number of rotatable bonds is 2. The summed E-state index contributed by atoms with van der Waals surface area (Å²) < 4.78 is 12.4. The van der Waals surface area contributed by atoms with E-state index in [1.165, 1.54) is 16.7 Å². The van der Waals surface area contributed by atoms with E-state index in [2.05, 4.69) is 4.99 Å². The third-order valence-electron chi connectivity index (χ3n) is 9.23. The van der Waals surface area contributed by atoms with Gasteiger partial charge in [0.2, 0.25) is 0 Å². The predicted molar refractivity (Wildman–Crippen MR) is 183 cm³/mol. The van der Waals surface area contributed by atoms with Crippen molar-refractivity contribution in [2.75, 3.05) is 20.4 Å². The molecule has 4 aromatic rings. The summed E-state index contributed by atoms with van der Waals surface area (Å²) in [4.78, 5) is 38.5. The molecule has 4 atom stereocenters. The van der Waals surface area contributed by atoms with Crippen LogP contribution in [0.5, 0.6) is 11.5 Å². The summed E-state index contributed by atoms with van der Waals surface area (Å²) in [6.07, 6.45) is 2.47. The lowest BCUT2D eigenvalue weighted by molar-refractivity contribution is -0.133. The highest BCUT2D eigenvalue weighted by Crippen LogP contribution is 2.51. The Morgan fingerprint density at radius 3 is 1.51 bits per heavy atom. The van der Waals surface area contributed by atoms with Gasteiger partial charge in [-0.3, -0.25) is 19.4 Å². The molecule has 0 saturated heterocycles. The van der Waals surface area contributed by atoms with Gasteiger partial charge in [0.25, 0.3) is 11.8 Å². The minimum atomic E-state index is -0.992. The van der Waals surface area contributed by atoms with E-state index >= 15 is 0 Å². The fraction of sp³-hybridized carbons (Fsp3) is 0.243. The number of guanidine groups is 1. The van der Waals surface area contributed by atoms with Crippen molar-refractivity contribution in [1.29, 1.82) is 0 Å². The minimum Gasteiger partial charge on any atom is -0.485 e. The van der Waals surface area contributed by atoms with Gasteiger partial charge >= 0.3 is 0 Å². The quantitative estimate of drug-likeness (QED) is 0.296. The number of amides is 2. The molecule has 4 aromatic carbocycles. The Kier molecular flexibility index (Phi) is 7.76. The molecule has 2 spiro atoms. The Bertz CT molecular complexity index is 1900. The molecule has 0 saturated carbocycles. The number of fused-ring (bicyclic) bond motifs is 4. The molecule has 0 bridgehead atoms. The van der Waals surface area contributed by atoms with E-state index in [4.69, 9.17) is 20.2 Å². The van der Waals surface area contributed by atoms with Gasteiger partial charge in [-0.2, -0.15) is 0 Å². The van der Waals surface area contributed by atoms with Crippen LogP contribution in [0.15, 0.2) is 119 Å². The number of ether oxygens (including phenoxy) is 2. The molecule has 4 aliphatic rings. The van der Waals surface area contributed by atoms with Crippen molar-refractivity contribution in [2.24, 2.45) is 15.7 Å². The predicted octanol–water partition coefficient (Wildman–Crippen LogP) is 5.79. The average molecular weight is 646 g/mol. The summed E-state index contributed by atoms with van der Waals surface area (Å²) in [6.45, 7) is 0. The molecule has 9 nitrogen and oxygen atoms in total. The number of hydrogen-bond donors (Lipinski definition) is 1. The summed E-state index contributed by atoms with van der Waals surface area (Å²) in [5.41, 5.74) is 7.78. The lowest BCUT2D eigenvalue weighted by Crippen LogP contribution is -2.43. The van der Waals surface area contributed by atoms with Crippen LogP contribution in [0.4, 0.5) is 0 Å². The topological polar surface area (TPSA) is 110 Å². The Labute approximate surface area is 278 Å². The van der Waals surface area contributed by atoms with Crippen LogP contribution >= 0.6 is 11.8 Å². The second kappa shape index (κ2) is 11.9. The number of hydrogen-bond acceptors (Lipinski definition) is 8. The van der Waals surface area contributed by atoms with Crippen LogP contribution in [0.1, 0.15) is 47.3 Å². The highest BCUT2D eigenvalue weighted by Gasteiger charge is 2.55. The monoisotopic (exact) mass is 645 g/mol. The number of thioether (sulfide) groups is 1. The van der Waals surface area contributed by atoms with Gasteiger partial charge in [0.05, 0.1) is 0 Å². The Morgan fingerprint density at radius 1 is 0.660 bits per heavy atom. The van der Waals surface area contributed by atoms with E-state index in [1.807, 2.05) is 115 Å². The molecule has 8 rings (SSSR count). The summed E-state index contributed by atoms with van der Waals surface area (Å²) >= 11 is 1.50. The number of carbonyl (C=O) groups is 2. The number of likely N-dealkylation sites (N-methyl/N-ethyl adjacent to an activating group) is 2. The molecule has 0 aromatic heterocycles. The van der Waals surface area contributed by atoms with Gasteiger partial charge < -0.3 is 15.2 Å². The Balaban J connectivity index is 0.000000150. The standard InChI is InChI=1S/C19H18N2O2S.C18H17N3O2/c1-21-17(22)19(20-18(21)24-2)12-16(13-8-4-3-5-9-13)23-15-11-7-6-10-14(15)19;1-21-16(22)18(20-17(21)19)11-15(12-7-3-2-4-8-12)23-14-10-6-5-9-13(14)18/h3-11,16H,12H2,1-2H3;2-10,15H,11H2,1H3,(H2,19,20). The molecule has 0 fully saturated rings. The molecule has 2 N–H and O–H groups in total. The highest BCUT2D eigenvalue weighted by molar-refractivity contribution is 8.13. The van der Waals surface area contributed by atoms with Gasteiger partial charge in [-0.05, 0) is 29.5 Å². The van der Waals surface area contributed by atoms with Crippen LogP contribution in [-0.4, -0.2) is 53.1 Å². The molecule has 47 heavy (non-hydrogen) atoms. The normalized spacial score (nSPS) is 25.7. The number of benzene rings is 4. The Morgan fingerprint density at radius 2 is 1.09 bits per heavy atom. The number of aliphatic imine (C=N–C) groups is 2. The second-order valence-electron chi connectivity index (χ2n) is 12.0. The molecular formula is C37H35N5O4S. The van der Waals surface area contributed by atoms with E-state index in [-0.39, 0.29) is 30.0 Å². The summed E-state index contributed by atoms with van der Waals surface area (Å²) in [5.74, 6) is 1.59. The molecule has 2 amide bonds. The zero-order valence-corrected chi connectivity index (χ0v) is 27.2. The number of para-hydroxylation sites is 2. The first-order chi connectivity index (χ1) is 22.8. The number of nitrogens with two attached hydrogens (primary N) is 1. The van der Waals surface area contributed by atoms with Gasteiger partial charge in [0, 0.05) is 38.1 Å². The second-order valence-corrected chi connectivity index (χ2v) is 12.7. The highest BCUT2D eigenvalue weighted by atomic mass is 32.2. The maximum Gasteiger partial charge on any atom is 0.261 e. The van der Waals surface area contributed by atoms with Gasteiger partial charge in [0.15, 0.2) is 22.2 Å². The smallest absolute Gasteiger partial charge is 0.261 e. The summed E-state index contributed by atoms with van der Waals surface area (Å²) in [6, 6.07) is 35.2. The number of carbonyl (C=O) groups excluding carboxylic acids is 2. The molecule has 238 valence electrons. The van der Waals surface area contributed by atoms with E-state index in [9.17, 15) is 9.59 Å². The third kappa shape index (κ3) is 5.04. The van der Waals surface area contributed by atoms with E-state index in [0.29, 0.717) is 18.6 Å². The number of nitrogens with zero attached hydrogens (tertiary/aromatic N) is 4. The van der Waals surface area contributed by atoms with Crippen molar-refractivity contribution >= 4 is 34.7 Å². The van der Waals surface area contributed by atoms with Crippen molar-refractivity contribution < 1.29 is 19.1 Å². The summed E-state index contributed by atoms with van der Waals surface area (Å²) in [7, 11) is 3.45.